The van der Waals surface area contributed by atoms with E-state index in [1.54, 1.807) is 24.3 Å². The summed E-state index contributed by atoms with van der Waals surface area (Å²) in [4.78, 5) is 21.7. The van der Waals surface area contributed by atoms with Crippen LogP contribution in [0.15, 0.2) is 84.9 Å². The minimum absolute atomic E-state index is 0.198. The molecule has 6 aromatic rings. The maximum Gasteiger partial charge on any atom is 0.416 e. The molecular formula is C36H22F6N2O8. The Labute approximate surface area is 288 Å². The van der Waals surface area contributed by atoms with Gasteiger partial charge in [-0.25, -0.2) is 0 Å². The fourth-order valence-electron chi connectivity index (χ4n) is 6.24. The summed E-state index contributed by atoms with van der Waals surface area (Å²) in [6.45, 7) is 0. The van der Waals surface area contributed by atoms with Crippen LogP contribution in [0.3, 0.4) is 0 Å². The van der Waals surface area contributed by atoms with Gasteiger partial charge >= 0.3 is 23.7 Å². The number of phenolic OH excluding ortho intramolecular Hbond substituents is 2. The number of benzene rings is 6. The molecule has 2 N–H and O–H groups in total. The number of nitro benzene ring substituents is 2. The van der Waals surface area contributed by atoms with Crippen LogP contribution in [0.1, 0.15) is 11.1 Å². The molecule has 6 rings (SSSR count). The van der Waals surface area contributed by atoms with Crippen LogP contribution in [-0.2, 0) is 12.4 Å². The predicted molar refractivity (Wildman–Crippen MR) is 178 cm³/mol. The maximum absolute atomic E-state index is 14.1. The first kappa shape index (κ1) is 35.3. The summed E-state index contributed by atoms with van der Waals surface area (Å²) in [5.74, 6) is -2.83. The Hall–Kier alpha value is -6.58. The number of ether oxygens (including phenoxy) is 2. The first-order valence-electron chi connectivity index (χ1n) is 14.9. The van der Waals surface area contributed by atoms with Crippen LogP contribution in [0, 0.1) is 20.2 Å². The number of rotatable bonds is 7. The van der Waals surface area contributed by atoms with E-state index in [1.165, 1.54) is 36.4 Å². The molecule has 16 heteroatoms. The average Bonchev–Trinajstić information content (AvgIpc) is 3.09. The number of fused-ring (bicyclic) bond motifs is 2. The number of hydrogen-bond acceptors (Lipinski definition) is 8. The Morgan fingerprint density at radius 3 is 1.21 bits per heavy atom. The number of nitrogens with zero attached hydrogens (tertiary/aromatic N) is 2. The van der Waals surface area contributed by atoms with Gasteiger partial charge in [-0.15, -0.1) is 0 Å². The molecule has 0 aliphatic carbocycles. The lowest BCUT2D eigenvalue weighted by Gasteiger charge is -2.21. The highest BCUT2D eigenvalue weighted by Gasteiger charge is 2.38. The lowest BCUT2D eigenvalue weighted by Crippen LogP contribution is -2.08. The maximum atomic E-state index is 14.1. The van der Waals surface area contributed by atoms with E-state index in [2.05, 4.69) is 0 Å². The Morgan fingerprint density at radius 2 is 0.904 bits per heavy atom. The van der Waals surface area contributed by atoms with Gasteiger partial charge < -0.3 is 19.7 Å². The zero-order valence-corrected chi connectivity index (χ0v) is 26.6. The van der Waals surface area contributed by atoms with Crippen molar-refractivity contribution in [3.05, 3.63) is 116 Å². The first-order chi connectivity index (χ1) is 24.5. The highest BCUT2D eigenvalue weighted by atomic mass is 19.4. The van der Waals surface area contributed by atoms with Crippen LogP contribution in [0.4, 0.5) is 37.7 Å². The Morgan fingerprint density at radius 1 is 0.558 bits per heavy atom. The first-order valence-corrected chi connectivity index (χ1v) is 14.9. The number of methoxy groups -OCH3 is 2. The van der Waals surface area contributed by atoms with Crippen LogP contribution in [0.2, 0.25) is 0 Å². The van der Waals surface area contributed by atoms with Crippen molar-refractivity contribution in [2.45, 2.75) is 12.4 Å². The highest BCUT2D eigenvalue weighted by molar-refractivity contribution is 6.14. The second-order valence-corrected chi connectivity index (χ2v) is 11.4. The Bertz CT molecular complexity index is 2290. The molecule has 0 saturated heterocycles. The van der Waals surface area contributed by atoms with E-state index in [4.69, 9.17) is 9.47 Å². The third-order valence-corrected chi connectivity index (χ3v) is 8.47. The van der Waals surface area contributed by atoms with E-state index < -0.39 is 78.8 Å². The van der Waals surface area contributed by atoms with Crippen molar-refractivity contribution >= 4 is 32.9 Å². The van der Waals surface area contributed by atoms with E-state index in [1.807, 2.05) is 0 Å². The third-order valence-electron chi connectivity index (χ3n) is 8.47. The van der Waals surface area contributed by atoms with Crippen molar-refractivity contribution in [1.29, 1.82) is 0 Å². The van der Waals surface area contributed by atoms with Crippen molar-refractivity contribution < 1.29 is 55.9 Å². The van der Waals surface area contributed by atoms with Gasteiger partial charge in [0, 0.05) is 45.5 Å². The lowest BCUT2D eigenvalue weighted by molar-refractivity contribution is -0.386. The molecule has 0 aromatic heterocycles. The zero-order valence-electron chi connectivity index (χ0n) is 26.6. The molecule has 0 aliphatic rings. The molecule has 10 nitrogen and oxygen atoms in total. The van der Waals surface area contributed by atoms with Crippen LogP contribution in [-0.4, -0.2) is 34.3 Å². The summed E-state index contributed by atoms with van der Waals surface area (Å²) in [6.07, 6.45) is -10.1. The van der Waals surface area contributed by atoms with Gasteiger partial charge in [-0.05, 0) is 45.8 Å². The summed E-state index contributed by atoms with van der Waals surface area (Å²) < 4.78 is 94.7. The molecule has 0 fully saturated rings. The van der Waals surface area contributed by atoms with E-state index in [9.17, 15) is 56.8 Å². The molecule has 0 unspecified atom stereocenters. The number of halogens is 6. The smallest absolute Gasteiger partial charge is 0.416 e. The topological polar surface area (TPSA) is 145 Å². The highest BCUT2D eigenvalue weighted by Crippen LogP contribution is 2.55. The van der Waals surface area contributed by atoms with Gasteiger partial charge in [0.25, 0.3) is 0 Å². The molecule has 0 bridgehead atoms. The van der Waals surface area contributed by atoms with Gasteiger partial charge in [0.15, 0.2) is 0 Å². The van der Waals surface area contributed by atoms with Gasteiger partial charge in [-0.3, -0.25) is 20.2 Å². The number of aromatic hydroxyl groups is 2. The second kappa shape index (κ2) is 12.6. The standard InChI is InChI=1S/C36H22F6N2O8/c1-51-33-25(13-19(35(37,38)39)15-27(33)43(47)48)23-11-17-7-3-5-9-21(17)29(31(23)45)30-22-10-6-4-8-18(22)12-24(32(30)46)26-14-20(36(40,41)42)16-28(44(49)50)34(26)52-2/h3-16,45-46H,1-2H3. The molecule has 266 valence electrons. The molecule has 52 heavy (non-hydrogen) atoms. The normalized spacial score (nSPS) is 11.9. The molecular weight excluding hydrogens is 702 g/mol. The SMILES string of the molecule is COc1c(-c2cc3ccccc3c(-c3c(O)c(-c4cc(C(F)(F)F)cc([N+](=O)[O-])c4OC)cc4ccccc34)c2O)cc(C(F)(F)F)cc1[N+](=O)[O-]. The van der Waals surface area contributed by atoms with Crippen molar-refractivity contribution in [2.24, 2.45) is 0 Å². The molecule has 6 aromatic carbocycles. The second-order valence-electron chi connectivity index (χ2n) is 11.4. The van der Waals surface area contributed by atoms with Gasteiger partial charge in [0.1, 0.15) is 11.5 Å². The summed E-state index contributed by atoms with van der Waals surface area (Å²) in [7, 11) is 1.98. The van der Waals surface area contributed by atoms with E-state index in [-0.39, 0.29) is 55.9 Å². The molecule has 0 saturated carbocycles. The molecule has 0 amide bonds. The number of alkyl halides is 6. The largest absolute Gasteiger partial charge is 0.507 e. The van der Waals surface area contributed by atoms with Gasteiger partial charge in [-0.2, -0.15) is 26.3 Å². The van der Waals surface area contributed by atoms with Crippen LogP contribution < -0.4 is 9.47 Å². The van der Waals surface area contributed by atoms with Crippen LogP contribution >= 0.6 is 0 Å². The van der Waals surface area contributed by atoms with Crippen LogP contribution in [0.25, 0.3) is 54.9 Å². The van der Waals surface area contributed by atoms with Crippen molar-refractivity contribution in [2.75, 3.05) is 14.2 Å². The quantitative estimate of drug-likeness (QED) is 0.0940. The monoisotopic (exact) mass is 724 g/mol. The van der Waals surface area contributed by atoms with Crippen molar-refractivity contribution in [3.8, 4) is 56.4 Å². The average molecular weight is 725 g/mol. The lowest BCUT2D eigenvalue weighted by atomic mass is 9.85. The summed E-state index contributed by atoms with van der Waals surface area (Å²) in [5.41, 5.74) is -7.30. The molecule has 0 atom stereocenters. The molecule has 0 radical (unpaired) electrons. The minimum Gasteiger partial charge on any atom is -0.507 e. The third kappa shape index (κ3) is 5.87. The number of nitro groups is 2. The zero-order chi connectivity index (χ0) is 37.9. The Kier molecular flexibility index (Phi) is 8.56. The summed E-state index contributed by atoms with van der Waals surface area (Å²) in [6, 6.07) is 16.4. The van der Waals surface area contributed by atoms with Gasteiger partial charge in [0.2, 0.25) is 11.5 Å². The predicted octanol–water partition coefficient (Wildman–Crippen LogP) is 10.3. The van der Waals surface area contributed by atoms with Gasteiger partial charge in [0.05, 0.1) is 35.2 Å². The van der Waals surface area contributed by atoms with Crippen molar-refractivity contribution in [1.82, 2.24) is 0 Å². The minimum atomic E-state index is -5.07. The number of phenols is 2. The summed E-state index contributed by atoms with van der Waals surface area (Å²) in [5, 5.41) is 48.9. The fourth-order valence-corrected chi connectivity index (χ4v) is 6.24. The van der Waals surface area contributed by atoms with E-state index in [0.717, 1.165) is 14.2 Å². The molecule has 0 aliphatic heterocycles. The van der Waals surface area contributed by atoms with E-state index >= 15 is 0 Å². The molecule has 0 spiro atoms. The summed E-state index contributed by atoms with van der Waals surface area (Å²) >= 11 is 0. The Balaban J connectivity index is 1.81. The van der Waals surface area contributed by atoms with Crippen LogP contribution in [0.5, 0.6) is 23.0 Å². The number of hydrogen-bond donors (Lipinski definition) is 2. The molecule has 0 heterocycles. The fraction of sp³-hybridized carbons (Fsp3) is 0.111. The van der Waals surface area contributed by atoms with Crippen molar-refractivity contribution in [3.63, 3.8) is 0 Å². The van der Waals surface area contributed by atoms with Gasteiger partial charge in [-0.1, -0.05) is 48.5 Å². The van der Waals surface area contributed by atoms with E-state index in [0.29, 0.717) is 12.1 Å².